The van der Waals surface area contributed by atoms with E-state index in [1.165, 1.54) is 23.2 Å². The average molecular weight is 382 g/mol. The summed E-state index contributed by atoms with van der Waals surface area (Å²) in [6.07, 6.45) is 2.37. The molecule has 2 aromatic carbocycles. The van der Waals surface area contributed by atoms with Crippen LogP contribution in [0.15, 0.2) is 60.7 Å². The van der Waals surface area contributed by atoms with E-state index in [9.17, 15) is 0 Å². The van der Waals surface area contributed by atoms with Crippen LogP contribution in [-0.2, 0) is 4.43 Å². The first-order valence-electron chi connectivity index (χ1n) is 10.2. The lowest BCUT2D eigenvalue weighted by atomic mass is 9.85. The molecule has 1 N–H and O–H groups in total. The van der Waals surface area contributed by atoms with Crippen molar-refractivity contribution in [2.45, 2.75) is 58.0 Å². The predicted octanol–water partition coefficient (Wildman–Crippen LogP) is 4.34. The second-order valence-corrected chi connectivity index (χ2v) is 13.9. The van der Waals surface area contributed by atoms with Gasteiger partial charge in [0.1, 0.15) is 0 Å². The Labute approximate surface area is 166 Å². The molecule has 1 heterocycles. The van der Waals surface area contributed by atoms with Gasteiger partial charge in [0.15, 0.2) is 0 Å². The van der Waals surface area contributed by atoms with Gasteiger partial charge in [-0.2, -0.15) is 0 Å². The first-order valence-corrected chi connectivity index (χ1v) is 12.2. The average Bonchev–Trinajstić information content (AvgIpc) is 2.62. The molecule has 27 heavy (non-hydrogen) atoms. The van der Waals surface area contributed by atoms with E-state index in [4.69, 9.17) is 4.43 Å². The minimum absolute atomic E-state index is 0.0537. The highest BCUT2D eigenvalue weighted by molar-refractivity contribution is 6.99. The maximum absolute atomic E-state index is 7.11. The number of rotatable bonds is 5. The van der Waals surface area contributed by atoms with E-state index in [0.717, 1.165) is 13.2 Å². The number of piperidine rings is 1. The molecule has 1 aliphatic rings. The number of hydrogen-bond donors (Lipinski definition) is 1. The molecular formula is C24H35NOSi. The molecule has 1 atom stereocenters. The van der Waals surface area contributed by atoms with Gasteiger partial charge in [0.05, 0.1) is 0 Å². The van der Waals surface area contributed by atoms with E-state index in [0.29, 0.717) is 5.92 Å². The van der Waals surface area contributed by atoms with Gasteiger partial charge in [-0.05, 0) is 54.6 Å². The second kappa shape index (κ2) is 7.90. The van der Waals surface area contributed by atoms with Crippen LogP contribution in [0.1, 0.15) is 47.5 Å². The van der Waals surface area contributed by atoms with E-state index >= 15 is 0 Å². The van der Waals surface area contributed by atoms with Gasteiger partial charge in [0.2, 0.25) is 0 Å². The Bertz CT molecular complexity index is 682. The summed E-state index contributed by atoms with van der Waals surface area (Å²) in [5.74, 6) is 0.614. The molecule has 0 aliphatic carbocycles. The summed E-state index contributed by atoms with van der Waals surface area (Å²) in [6.45, 7) is 13.6. The molecule has 3 rings (SSSR count). The molecule has 1 aliphatic heterocycles. The zero-order chi connectivity index (χ0) is 19.5. The molecule has 0 bridgehead atoms. The fraction of sp³-hybridized carbons (Fsp3) is 0.500. The molecule has 2 nitrogen and oxygen atoms in total. The molecule has 1 saturated heterocycles. The topological polar surface area (TPSA) is 21.3 Å². The first-order chi connectivity index (χ1) is 12.7. The summed E-state index contributed by atoms with van der Waals surface area (Å²) < 4.78 is 7.11. The molecular weight excluding hydrogens is 346 g/mol. The normalized spacial score (nSPS) is 20.4. The number of nitrogens with one attached hydrogen (secondary N) is 1. The molecule has 0 saturated carbocycles. The Hall–Kier alpha value is -1.42. The summed E-state index contributed by atoms with van der Waals surface area (Å²) in [5.41, 5.74) is 0.206. The SMILES string of the molecule is CC1(C)CC(CO[Si](c2ccccc2)(c2ccccc2)C(C)(C)C)CCN1. The van der Waals surface area contributed by atoms with E-state index in [-0.39, 0.29) is 10.6 Å². The Kier molecular flexibility index (Phi) is 5.95. The zero-order valence-electron chi connectivity index (χ0n) is 17.6. The monoisotopic (exact) mass is 381 g/mol. The van der Waals surface area contributed by atoms with Crippen LogP contribution in [0.5, 0.6) is 0 Å². The second-order valence-electron chi connectivity index (χ2n) is 9.64. The van der Waals surface area contributed by atoms with Gasteiger partial charge in [0, 0.05) is 12.1 Å². The van der Waals surface area contributed by atoms with Gasteiger partial charge >= 0.3 is 0 Å². The van der Waals surface area contributed by atoms with Crippen LogP contribution < -0.4 is 15.7 Å². The van der Waals surface area contributed by atoms with Crippen molar-refractivity contribution in [1.82, 2.24) is 5.32 Å². The highest BCUT2D eigenvalue weighted by Gasteiger charge is 2.50. The van der Waals surface area contributed by atoms with Gasteiger partial charge in [-0.1, -0.05) is 81.4 Å². The third kappa shape index (κ3) is 4.36. The Morgan fingerprint density at radius 2 is 1.48 bits per heavy atom. The van der Waals surface area contributed by atoms with Crippen molar-refractivity contribution in [3.63, 3.8) is 0 Å². The van der Waals surface area contributed by atoms with Crippen LogP contribution in [0.2, 0.25) is 5.04 Å². The predicted molar refractivity (Wildman–Crippen MR) is 118 cm³/mol. The van der Waals surface area contributed by atoms with Crippen LogP contribution in [0.4, 0.5) is 0 Å². The Morgan fingerprint density at radius 1 is 0.963 bits per heavy atom. The molecule has 0 spiro atoms. The molecule has 1 unspecified atom stereocenters. The van der Waals surface area contributed by atoms with Crippen LogP contribution in [0, 0.1) is 5.92 Å². The van der Waals surface area contributed by atoms with Crippen molar-refractivity contribution < 1.29 is 4.43 Å². The molecule has 1 fully saturated rings. The quantitative estimate of drug-likeness (QED) is 0.778. The third-order valence-electron chi connectivity index (χ3n) is 5.91. The number of hydrogen-bond acceptors (Lipinski definition) is 2. The summed E-state index contributed by atoms with van der Waals surface area (Å²) in [5, 5.41) is 6.43. The molecule has 0 amide bonds. The lowest BCUT2D eigenvalue weighted by molar-refractivity contribution is 0.154. The van der Waals surface area contributed by atoms with Crippen molar-refractivity contribution >= 4 is 18.7 Å². The van der Waals surface area contributed by atoms with Gasteiger partial charge in [-0.3, -0.25) is 0 Å². The maximum atomic E-state index is 7.11. The lowest BCUT2D eigenvalue weighted by Gasteiger charge is -2.45. The van der Waals surface area contributed by atoms with Crippen molar-refractivity contribution in [3.8, 4) is 0 Å². The first kappa shape index (κ1) is 20.3. The third-order valence-corrected chi connectivity index (χ3v) is 10.9. The van der Waals surface area contributed by atoms with Crippen molar-refractivity contribution in [2.24, 2.45) is 5.92 Å². The van der Waals surface area contributed by atoms with E-state index in [2.05, 4.69) is 101 Å². The minimum Gasteiger partial charge on any atom is -0.407 e. The highest BCUT2D eigenvalue weighted by Crippen LogP contribution is 2.37. The zero-order valence-corrected chi connectivity index (χ0v) is 18.6. The Morgan fingerprint density at radius 3 is 1.93 bits per heavy atom. The lowest BCUT2D eigenvalue weighted by Crippen LogP contribution is -2.67. The molecule has 0 aromatic heterocycles. The van der Waals surface area contributed by atoms with Crippen LogP contribution in [0.3, 0.4) is 0 Å². The van der Waals surface area contributed by atoms with E-state index in [1.54, 1.807) is 0 Å². The summed E-state index contributed by atoms with van der Waals surface area (Å²) >= 11 is 0. The van der Waals surface area contributed by atoms with E-state index in [1.807, 2.05) is 0 Å². The standard InChI is InChI=1S/C24H35NOSi/c1-23(2,3)27(21-12-8-6-9-13-21,22-14-10-7-11-15-22)26-19-20-16-17-25-24(4,5)18-20/h6-15,20,25H,16-19H2,1-5H3. The van der Waals surface area contributed by atoms with Crippen molar-refractivity contribution in [3.05, 3.63) is 60.7 Å². The Balaban J connectivity index is 1.99. The molecule has 0 radical (unpaired) electrons. The largest absolute Gasteiger partial charge is 0.407 e. The van der Waals surface area contributed by atoms with Crippen molar-refractivity contribution in [2.75, 3.05) is 13.2 Å². The molecule has 146 valence electrons. The minimum atomic E-state index is -2.40. The smallest absolute Gasteiger partial charge is 0.261 e. The van der Waals surface area contributed by atoms with Gasteiger partial charge in [-0.15, -0.1) is 0 Å². The van der Waals surface area contributed by atoms with Crippen LogP contribution in [0.25, 0.3) is 0 Å². The maximum Gasteiger partial charge on any atom is 0.261 e. The van der Waals surface area contributed by atoms with Gasteiger partial charge in [0.25, 0.3) is 8.32 Å². The fourth-order valence-electron chi connectivity index (χ4n) is 4.66. The van der Waals surface area contributed by atoms with E-state index < -0.39 is 8.32 Å². The van der Waals surface area contributed by atoms with Crippen LogP contribution in [-0.4, -0.2) is 27.0 Å². The summed E-state index contributed by atoms with van der Waals surface area (Å²) in [4.78, 5) is 0. The molecule has 2 aromatic rings. The fourth-order valence-corrected chi connectivity index (χ4v) is 9.30. The van der Waals surface area contributed by atoms with Gasteiger partial charge < -0.3 is 9.74 Å². The van der Waals surface area contributed by atoms with Crippen molar-refractivity contribution in [1.29, 1.82) is 0 Å². The summed E-state index contributed by atoms with van der Waals surface area (Å²) in [7, 11) is -2.40. The van der Waals surface area contributed by atoms with Gasteiger partial charge in [-0.25, -0.2) is 0 Å². The number of benzene rings is 2. The summed E-state index contributed by atoms with van der Waals surface area (Å²) in [6, 6.07) is 21.9. The molecule has 3 heteroatoms. The van der Waals surface area contributed by atoms with Crippen LogP contribution >= 0.6 is 0 Å². The highest BCUT2D eigenvalue weighted by atomic mass is 28.4.